The highest BCUT2D eigenvalue weighted by molar-refractivity contribution is 7.90. The molecule has 3 aromatic heterocycles. The van der Waals surface area contributed by atoms with Crippen LogP contribution in [0.1, 0.15) is 38.4 Å². The molecule has 0 aliphatic carbocycles. The van der Waals surface area contributed by atoms with E-state index in [1.807, 2.05) is 77.1 Å². The normalized spacial score (nSPS) is 13.2. The summed E-state index contributed by atoms with van der Waals surface area (Å²) in [5.74, 6) is -0.637. The molecule has 4 heterocycles. The molecule has 4 N–H and O–H groups in total. The lowest BCUT2D eigenvalue weighted by Gasteiger charge is -2.29. The van der Waals surface area contributed by atoms with E-state index in [4.69, 9.17) is 4.74 Å². The van der Waals surface area contributed by atoms with Gasteiger partial charge in [0.1, 0.15) is 34.1 Å². The van der Waals surface area contributed by atoms with E-state index < -0.39 is 25.7 Å². The maximum atomic E-state index is 13.4. The number of nitrogens with zero attached hydrogens (tertiary/aromatic N) is 6. The van der Waals surface area contributed by atoms with Gasteiger partial charge in [0.05, 0.1) is 15.8 Å². The summed E-state index contributed by atoms with van der Waals surface area (Å²) in [4.78, 5) is 56.0. The lowest BCUT2D eigenvalue weighted by atomic mass is 9.94. The highest BCUT2D eigenvalue weighted by Crippen LogP contribution is 2.32. The first-order valence-electron chi connectivity index (χ1n) is 17.7. The fourth-order valence-corrected chi connectivity index (χ4v) is 8.81. The molecule has 57 heavy (non-hydrogen) atoms. The SMILES string of the molecule is CN(C)CC[C@H](COc1ccccc1)Nc1ccc(S(=O)(=O)NC(=O)c2csc(N3CCc4cccc(C(=O)Nc5nc6cccnc6s5)c4C3)n2)cc1[N+](=O)O. The van der Waals surface area contributed by atoms with E-state index in [2.05, 4.69) is 25.6 Å². The van der Waals surface area contributed by atoms with Crippen LogP contribution >= 0.6 is 22.7 Å². The Hall–Kier alpha value is -6.02. The molecule has 1 aliphatic heterocycles. The number of pyridine rings is 1. The van der Waals surface area contributed by atoms with Crippen molar-refractivity contribution in [3.05, 3.63) is 118 Å². The summed E-state index contributed by atoms with van der Waals surface area (Å²) in [5.41, 5.74) is 2.65. The summed E-state index contributed by atoms with van der Waals surface area (Å²) < 4.78 is 34.8. The van der Waals surface area contributed by atoms with Crippen LogP contribution in [0.2, 0.25) is 0 Å². The van der Waals surface area contributed by atoms with Gasteiger partial charge in [0, 0.05) is 36.3 Å². The van der Waals surface area contributed by atoms with Gasteiger partial charge in [-0.1, -0.05) is 41.7 Å². The number of carbonyl (C=O) groups excluding carboxylic acids is 2. The molecule has 6 aromatic rings. The van der Waals surface area contributed by atoms with Crippen LogP contribution in [0.25, 0.3) is 10.3 Å². The van der Waals surface area contributed by atoms with Crippen molar-refractivity contribution in [3.8, 4) is 5.75 Å². The number of ether oxygens (including phenoxy) is 1. The van der Waals surface area contributed by atoms with Crippen molar-refractivity contribution in [1.82, 2.24) is 24.6 Å². The Balaban J connectivity index is 1.02. The molecule has 2 amide bonds. The maximum absolute atomic E-state index is 13.4. The Morgan fingerprint density at radius 1 is 1.04 bits per heavy atom. The monoisotopic (exact) mass is 828 g/mol. The van der Waals surface area contributed by atoms with Gasteiger partial charge >= 0.3 is 5.69 Å². The lowest BCUT2D eigenvalue weighted by molar-refractivity contribution is -0.729. The molecular weight excluding hydrogens is 791 g/mol. The summed E-state index contributed by atoms with van der Waals surface area (Å²) in [6.45, 7) is 1.78. The summed E-state index contributed by atoms with van der Waals surface area (Å²) in [6.07, 6.45) is 2.88. The van der Waals surface area contributed by atoms with Gasteiger partial charge in [-0.2, -0.15) is 0 Å². The molecule has 0 unspecified atom stereocenters. The number of thiazole rings is 2. The first kappa shape index (κ1) is 39.2. The largest absolute Gasteiger partial charge is 0.491 e. The van der Waals surface area contributed by atoms with Gasteiger partial charge < -0.3 is 19.9 Å². The molecule has 1 atom stereocenters. The minimum Gasteiger partial charge on any atom is -0.491 e. The Morgan fingerprint density at radius 3 is 2.63 bits per heavy atom. The zero-order valence-electron chi connectivity index (χ0n) is 30.8. The number of amides is 2. The van der Waals surface area contributed by atoms with Crippen molar-refractivity contribution in [3.63, 3.8) is 0 Å². The van der Waals surface area contributed by atoms with E-state index in [1.165, 1.54) is 28.8 Å². The molecule has 1 aliphatic rings. The lowest BCUT2D eigenvalue weighted by Crippen LogP contribution is -2.33. The van der Waals surface area contributed by atoms with Gasteiger partial charge in [0.2, 0.25) is 0 Å². The molecule has 0 spiro atoms. The highest BCUT2D eigenvalue weighted by atomic mass is 32.2. The van der Waals surface area contributed by atoms with E-state index >= 15 is 0 Å². The molecule has 19 heteroatoms. The predicted octanol–water partition coefficient (Wildman–Crippen LogP) is 5.69. The average Bonchev–Trinajstić information content (AvgIpc) is 3.86. The summed E-state index contributed by atoms with van der Waals surface area (Å²) >= 11 is 2.44. The summed E-state index contributed by atoms with van der Waals surface area (Å²) in [7, 11) is -0.678. The van der Waals surface area contributed by atoms with Crippen molar-refractivity contribution in [2.75, 3.05) is 49.3 Å². The summed E-state index contributed by atoms with van der Waals surface area (Å²) in [5, 5.41) is 18.4. The van der Waals surface area contributed by atoms with E-state index in [1.54, 1.807) is 18.3 Å². The molecular formula is C38H38N9O7S3+. The Labute approximate surface area is 335 Å². The van der Waals surface area contributed by atoms with Crippen LogP contribution < -0.4 is 25.0 Å². The van der Waals surface area contributed by atoms with Gasteiger partial charge in [-0.25, -0.2) is 33.3 Å². The second-order valence-corrected chi connectivity index (χ2v) is 16.9. The number of carbonyl (C=O) groups is 2. The van der Waals surface area contributed by atoms with Crippen molar-refractivity contribution in [1.29, 1.82) is 0 Å². The van der Waals surface area contributed by atoms with Gasteiger partial charge in [-0.05, 0) is 87.1 Å². The average molecular weight is 829 g/mol. The summed E-state index contributed by atoms with van der Waals surface area (Å²) in [6, 6.07) is 21.6. The minimum atomic E-state index is -4.52. The number of hydrogen-bond donors (Lipinski definition) is 4. The highest BCUT2D eigenvalue weighted by Gasteiger charge is 2.29. The van der Waals surface area contributed by atoms with Crippen LogP contribution in [0.4, 0.5) is 21.6 Å². The van der Waals surface area contributed by atoms with Gasteiger partial charge in [0.15, 0.2) is 10.3 Å². The third-order valence-corrected chi connectivity index (χ3v) is 12.2. The minimum absolute atomic E-state index is 0.131. The molecule has 7 rings (SSSR count). The Kier molecular flexibility index (Phi) is 11.7. The molecule has 0 radical (unpaired) electrons. The smallest absolute Gasteiger partial charge is 0.340 e. The van der Waals surface area contributed by atoms with Crippen LogP contribution in [0, 0.1) is 4.91 Å². The van der Waals surface area contributed by atoms with E-state index in [0.29, 0.717) is 64.4 Å². The second-order valence-electron chi connectivity index (χ2n) is 13.4. The number of benzene rings is 3. The molecule has 0 bridgehead atoms. The zero-order chi connectivity index (χ0) is 40.1. The molecule has 16 nitrogen and oxygen atoms in total. The molecule has 0 saturated carbocycles. The third kappa shape index (κ3) is 9.34. The Morgan fingerprint density at radius 2 is 1.86 bits per heavy atom. The van der Waals surface area contributed by atoms with Crippen LogP contribution in [-0.2, 0) is 23.0 Å². The number of nitrogens with one attached hydrogen (secondary N) is 3. The van der Waals surface area contributed by atoms with E-state index in [-0.39, 0.29) is 35.6 Å². The van der Waals surface area contributed by atoms with Gasteiger partial charge in [0.25, 0.3) is 26.8 Å². The van der Waals surface area contributed by atoms with Crippen molar-refractivity contribution in [2.24, 2.45) is 0 Å². The topological polar surface area (TPSA) is 199 Å². The van der Waals surface area contributed by atoms with Crippen molar-refractivity contribution in [2.45, 2.75) is 30.3 Å². The van der Waals surface area contributed by atoms with Crippen LogP contribution in [0.5, 0.6) is 5.75 Å². The molecule has 0 fully saturated rings. The molecule has 0 saturated heterocycles. The standard InChI is InChI=1S/C38H37N9O7S3/c1-45(2)18-16-25(22-54-26-9-4-3-5-10-26)40-30-14-13-27(20-33(30)47(50)51)57(52,53)44-35(49)32-23-55-38(42-32)46-19-15-24-8-6-11-28(29(24)21-46)34(48)43-37-41-31-12-7-17-39-36(31)56-37/h3-14,17,20,23,25,40H,15-16,18-19,21-22H2,1-2H3,(H2-,41,43,44,48,49,50,51)/p+1/t25-/m1/s1. The van der Waals surface area contributed by atoms with Crippen LogP contribution in [0.15, 0.2) is 95.3 Å². The number of fused-ring (bicyclic) bond motifs is 2. The predicted molar refractivity (Wildman–Crippen MR) is 217 cm³/mol. The second kappa shape index (κ2) is 17.0. The number of aromatic nitrogens is 3. The number of hydrogen-bond acceptors (Lipinski definition) is 14. The Bertz CT molecular complexity index is 2510. The molecule has 3 aromatic carbocycles. The van der Waals surface area contributed by atoms with Crippen molar-refractivity contribution >= 4 is 76.5 Å². The van der Waals surface area contributed by atoms with Crippen LogP contribution in [0.3, 0.4) is 0 Å². The first-order chi connectivity index (χ1) is 27.4. The van der Waals surface area contributed by atoms with Gasteiger partial charge in [-0.3, -0.25) is 14.9 Å². The fourth-order valence-electron chi connectivity index (χ4n) is 6.20. The molecule has 294 valence electrons. The zero-order valence-corrected chi connectivity index (χ0v) is 33.2. The van der Waals surface area contributed by atoms with E-state index in [9.17, 15) is 28.1 Å². The number of rotatable bonds is 15. The number of sulfonamides is 1. The maximum Gasteiger partial charge on any atom is 0.340 e. The number of anilines is 3. The third-order valence-electron chi connectivity index (χ3n) is 9.09. The number of para-hydroxylation sites is 1. The fraction of sp³-hybridized carbons (Fsp3) is 0.237. The van der Waals surface area contributed by atoms with E-state index in [0.717, 1.165) is 28.5 Å². The quantitative estimate of drug-likeness (QED) is 0.0922. The van der Waals surface area contributed by atoms with Crippen LogP contribution in [-0.4, -0.2) is 90.0 Å². The van der Waals surface area contributed by atoms with Gasteiger partial charge in [-0.15, -0.1) is 11.3 Å². The first-order valence-corrected chi connectivity index (χ1v) is 20.9. The van der Waals surface area contributed by atoms with Crippen molar-refractivity contribution < 1.29 is 32.9 Å².